The van der Waals surface area contributed by atoms with Crippen LogP contribution in [0.25, 0.3) is 0 Å². The summed E-state index contributed by atoms with van der Waals surface area (Å²) >= 11 is 0. The first-order valence-electron chi connectivity index (χ1n) is 7.35. The largest absolute Gasteiger partial charge is 0.303 e. The number of hydrogen-bond acceptors (Lipinski definition) is 3. The van der Waals surface area contributed by atoms with Crippen molar-refractivity contribution >= 4 is 0 Å². The lowest BCUT2D eigenvalue weighted by Crippen LogP contribution is -2.50. The van der Waals surface area contributed by atoms with Gasteiger partial charge in [0.25, 0.3) is 0 Å². The summed E-state index contributed by atoms with van der Waals surface area (Å²) in [4.78, 5) is 2.39. The smallest absolute Gasteiger partial charge is 0.106 e. The average molecular weight is 251 g/mol. The first-order chi connectivity index (χ1) is 8.47. The number of likely N-dealkylation sites (N-methyl/N-ethyl adjacent to an activating group) is 1. The van der Waals surface area contributed by atoms with Crippen molar-refractivity contribution < 1.29 is 0 Å². The Bertz CT molecular complexity index is 277. The zero-order valence-corrected chi connectivity index (χ0v) is 12.6. The average Bonchev–Trinajstić information content (AvgIpc) is 2.37. The maximum Gasteiger partial charge on any atom is 0.106 e. The lowest BCUT2D eigenvalue weighted by Gasteiger charge is -2.40. The molecule has 1 rings (SSSR count). The Kier molecular flexibility index (Phi) is 5.62. The molecule has 0 aromatic rings. The van der Waals surface area contributed by atoms with E-state index in [4.69, 9.17) is 0 Å². The standard InChI is InChI=1S/C15H29N3/c1-5-18(6-2)12-11-17-15(13-16)9-7-14(3,4)8-10-15/h17H,5-12H2,1-4H3. The summed E-state index contributed by atoms with van der Waals surface area (Å²) in [6.45, 7) is 13.1. The Morgan fingerprint density at radius 1 is 1.11 bits per heavy atom. The molecule has 0 unspecified atom stereocenters. The van der Waals surface area contributed by atoms with Gasteiger partial charge >= 0.3 is 0 Å². The molecule has 0 aromatic heterocycles. The Balaban J connectivity index is 2.41. The summed E-state index contributed by atoms with van der Waals surface area (Å²) in [5, 5.41) is 13.0. The van der Waals surface area contributed by atoms with Gasteiger partial charge in [0, 0.05) is 13.1 Å². The van der Waals surface area contributed by atoms with Gasteiger partial charge in [-0.25, -0.2) is 0 Å². The quantitative estimate of drug-likeness (QED) is 0.789. The highest BCUT2D eigenvalue weighted by molar-refractivity contribution is 5.10. The molecule has 0 saturated heterocycles. The molecule has 0 aromatic carbocycles. The first kappa shape index (κ1) is 15.5. The molecule has 0 heterocycles. The van der Waals surface area contributed by atoms with Crippen molar-refractivity contribution in [3.05, 3.63) is 0 Å². The molecule has 0 bridgehead atoms. The zero-order valence-electron chi connectivity index (χ0n) is 12.6. The molecule has 3 heteroatoms. The van der Waals surface area contributed by atoms with Gasteiger partial charge in [-0.15, -0.1) is 0 Å². The Morgan fingerprint density at radius 3 is 2.11 bits per heavy atom. The lowest BCUT2D eigenvalue weighted by molar-refractivity contribution is 0.166. The van der Waals surface area contributed by atoms with Crippen LogP contribution in [0.5, 0.6) is 0 Å². The van der Waals surface area contributed by atoms with Crippen LogP contribution >= 0.6 is 0 Å². The van der Waals surface area contributed by atoms with Crippen molar-refractivity contribution in [1.29, 1.82) is 5.26 Å². The molecule has 1 aliphatic carbocycles. The molecular weight excluding hydrogens is 222 g/mol. The second-order valence-electron chi connectivity index (χ2n) is 6.31. The van der Waals surface area contributed by atoms with Gasteiger partial charge in [-0.3, -0.25) is 5.32 Å². The summed E-state index contributed by atoms with van der Waals surface area (Å²) in [6.07, 6.45) is 4.29. The van der Waals surface area contributed by atoms with E-state index in [1.165, 1.54) is 0 Å². The summed E-state index contributed by atoms with van der Waals surface area (Å²) < 4.78 is 0. The van der Waals surface area contributed by atoms with Crippen LogP contribution < -0.4 is 5.32 Å². The fourth-order valence-corrected chi connectivity index (χ4v) is 2.67. The van der Waals surface area contributed by atoms with Gasteiger partial charge in [0.05, 0.1) is 6.07 Å². The van der Waals surface area contributed by atoms with Crippen LogP contribution in [-0.4, -0.2) is 36.6 Å². The minimum absolute atomic E-state index is 0.261. The van der Waals surface area contributed by atoms with Crippen molar-refractivity contribution in [2.45, 2.75) is 58.9 Å². The van der Waals surface area contributed by atoms with Crippen molar-refractivity contribution in [1.82, 2.24) is 10.2 Å². The SMILES string of the molecule is CCN(CC)CCNC1(C#N)CCC(C)(C)CC1. The normalized spacial score (nSPS) is 21.8. The number of nitrogens with one attached hydrogen (secondary N) is 1. The van der Waals surface area contributed by atoms with E-state index in [1.54, 1.807) is 0 Å². The molecular formula is C15H29N3. The van der Waals surface area contributed by atoms with Gasteiger partial charge in [0.1, 0.15) is 5.54 Å². The molecule has 0 amide bonds. The fraction of sp³-hybridized carbons (Fsp3) is 0.933. The van der Waals surface area contributed by atoms with Crippen LogP contribution in [-0.2, 0) is 0 Å². The molecule has 1 N–H and O–H groups in total. The zero-order chi connectivity index (χ0) is 13.6. The third kappa shape index (κ3) is 4.26. The minimum atomic E-state index is -0.261. The Labute approximate surface area is 113 Å². The van der Waals surface area contributed by atoms with E-state index in [1.807, 2.05) is 0 Å². The van der Waals surface area contributed by atoms with E-state index >= 15 is 0 Å². The monoisotopic (exact) mass is 251 g/mol. The van der Waals surface area contributed by atoms with Crippen molar-refractivity contribution in [2.24, 2.45) is 5.41 Å². The Hall–Kier alpha value is -0.590. The summed E-state index contributed by atoms with van der Waals surface area (Å²) in [5.41, 5.74) is 0.156. The van der Waals surface area contributed by atoms with Crippen LogP contribution in [0, 0.1) is 16.7 Å². The van der Waals surface area contributed by atoms with Crippen LogP contribution in [0.2, 0.25) is 0 Å². The molecule has 3 nitrogen and oxygen atoms in total. The van der Waals surface area contributed by atoms with Gasteiger partial charge in [0.2, 0.25) is 0 Å². The lowest BCUT2D eigenvalue weighted by atomic mass is 9.70. The number of nitriles is 1. The van der Waals surface area contributed by atoms with E-state index < -0.39 is 0 Å². The van der Waals surface area contributed by atoms with Crippen molar-refractivity contribution in [3.8, 4) is 6.07 Å². The van der Waals surface area contributed by atoms with Crippen molar-refractivity contribution in [3.63, 3.8) is 0 Å². The van der Waals surface area contributed by atoms with Gasteiger partial charge in [0.15, 0.2) is 0 Å². The van der Waals surface area contributed by atoms with Crippen LogP contribution in [0.1, 0.15) is 53.4 Å². The predicted molar refractivity (Wildman–Crippen MR) is 76.4 cm³/mol. The van der Waals surface area contributed by atoms with Crippen molar-refractivity contribution in [2.75, 3.05) is 26.2 Å². The molecule has 0 aliphatic heterocycles. The topological polar surface area (TPSA) is 39.1 Å². The highest BCUT2D eigenvalue weighted by atomic mass is 15.1. The van der Waals surface area contributed by atoms with Gasteiger partial charge in [-0.2, -0.15) is 5.26 Å². The number of rotatable bonds is 6. The van der Waals surface area contributed by atoms with Gasteiger partial charge in [-0.1, -0.05) is 27.7 Å². The van der Waals surface area contributed by atoms with Crippen LogP contribution in [0.3, 0.4) is 0 Å². The van der Waals surface area contributed by atoms with Gasteiger partial charge in [-0.05, 0) is 44.2 Å². The molecule has 0 atom stereocenters. The van der Waals surface area contributed by atoms with Gasteiger partial charge < -0.3 is 4.90 Å². The second-order valence-corrected chi connectivity index (χ2v) is 6.31. The molecule has 0 radical (unpaired) electrons. The molecule has 104 valence electrons. The van der Waals surface area contributed by atoms with E-state index in [2.05, 4.69) is 44.0 Å². The summed E-state index contributed by atoms with van der Waals surface area (Å²) in [5.74, 6) is 0. The van der Waals surface area contributed by atoms with E-state index in [9.17, 15) is 5.26 Å². The third-order valence-corrected chi connectivity index (χ3v) is 4.46. The van der Waals surface area contributed by atoms with Crippen LogP contribution in [0.15, 0.2) is 0 Å². The maximum atomic E-state index is 9.47. The molecule has 18 heavy (non-hydrogen) atoms. The predicted octanol–water partition coefficient (Wildman–Crippen LogP) is 2.78. The number of hydrogen-bond donors (Lipinski definition) is 1. The first-order valence-corrected chi connectivity index (χ1v) is 7.35. The Morgan fingerprint density at radius 2 is 1.67 bits per heavy atom. The summed E-state index contributed by atoms with van der Waals surface area (Å²) in [7, 11) is 0. The van der Waals surface area contributed by atoms with E-state index in [-0.39, 0.29) is 5.54 Å². The second kappa shape index (κ2) is 6.54. The van der Waals surface area contributed by atoms with E-state index in [0.29, 0.717) is 5.41 Å². The maximum absolute atomic E-state index is 9.47. The highest BCUT2D eigenvalue weighted by Gasteiger charge is 2.37. The molecule has 1 aliphatic rings. The number of nitrogens with zero attached hydrogens (tertiary/aromatic N) is 2. The van der Waals surface area contributed by atoms with Crippen LogP contribution in [0.4, 0.5) is 0 Å². The van der Waals surface area contributed by atoms with E-state index in [0.717, 1.165) is 51.9 Å². The summed E-state index contributed by atoms with van der Waals surface area (Å²) in [6, 6.07) is 2.54. The highest BCUT2D eigenvalue weighted by Crippen LogP contribution is 2.39. The molecule has 0 spiro atoms. The fourth-order valence-electron chi connectivity index (χ4n) is 2.67. The molecule has 1 saturated carbocycles. The third-order valence-electron chi connectivity index (χ3n) is 4.46. The minimum Gasteiger partial charge on any atom is -0.303 e. The molecule has 1 fully saturated rings.